The first kappa shape index (κ1) is 15.3. The number of thiophene rings is 1. The van der Waals surface area contributed by atoms with Crippen LogP contribution < -0.4 is 11.3 Å². The van der Waals surface area contributed by atoms with Crippen LogP contribution in [0.2, 0.25) is 0 Å². The molecule has 1 fully saturated rings. The van der Waals surface area contributed by atoms with E-state index in [2.05, 4.69) is 21.4 Å². The highest BCUT2D eigenvalue weighted by Gasteiger charge is 2.42. The van der Waals surface area contributed by atoms with Gasteiger partial charge in [-0.05, 0) is 59.0 Å². The number of halogens is 4. The lowest BCUT2D eigenvalue weighted by Crippen LogP contribution is -2.37. The highest BCUT2D eigenvalue weighted by atomic mass is 79.9. The normalized spacial score (nSPS) is 26.4. The number of nitrogens with one attached hydrogen (secondary N) is 1. The predicted octanol–water partition coefficient (Wildman–Crippen LogP) is 4.38. The monoisotopic (exact) mass is 356 g/mol. The van der Waals surface area contributed by atoms with E-state index in [0.29, 0.717) is 12.8 Å². The van der Waals surface area contributed by atoms with Gasteiger partial charge in [0.1, 0.15) is 0 Å². The lowest BCUT2D eigenvalue weighted by molar-refractivity contribution is -0.184. The van der Waals surface area contributed by atoms with Crippen LogP contribution in [0.1, 0.15) is 36.6 Å². The summed E-state index contributed by atoms with van der Waals surface area (Å²) in [6, 6.07) is 1.87. The van der Waals surface area contributed by atoms with Crippen molar-refractivity contribution in [1.82, 2.24) is 5.43 Å². The van der Waals surface area contributed by atoms with Crippen LogP contribution in [0.4, 0.5) is 13.2 Å². The first-order chi connectivity index (χ1) is 8.93. The van der Waals surface area contributed by atoms with Crippen LogP contribution in [0.15, 0.2) is 15.9 Å². The van der Waals surface area contributed by atoms with Crippen molar-refractivity contribution in [3.63, 3.8) is 0 Å². The van der Waals surface area contributed by atoms with E-state index in [1.165, 1.54) is 0 Å². The minimum Gasteiger partial charge on any atom is -0.271 e. The number of alkyl halides is 3. The molecule has 7 heteroatoms. The third kappa shape index (κ3) is 3.51. The fourth-order valence-electron chi connectivity index (χ4n) is 2.73. The van der Waals surface area contributed by atoms with Crippen molar-refractivity contribution in [2.24, 2.45) is 17.7 Å². The standard InChI is InChI=1S/C12H16BrF3N2S/c13-9-5-6-19-11(9)10(18-17)7-1-3-8(4-2-7)12(14,15)16/h5-8,10,18H,1-4,17H2. The summed E-state index contributed by atoms with van der Waals surface area (Å²) in [7, 11) is 0. The van der Waals surface area contributed by atoms with Crippen molar-refractivity contribution in [1.29, 1.82) is 0 Å². The molecule has 1 atom stereocenters. The summed E-state index contributed by atoms with van der Waals surface area (Å²) in [5.41, 5.74) is 2.77. The van der Waals surface area contributed by atoms with Crippen molar-refractivity contribution in [2.75, 3.05) is 0 Å². The van der Waals surface area contributed by atoms with Crippen LogP contribution in [0.25, 0.3) is 0 Å². The molecule has 1 unspecified atom stereocenters. The largest absolute Gasteiger partial charge is 0.391 e. The van der Waals surface area contributed by atoms with Gasteiger partial charge in [-0.25, -0.2) is 0 Å². The quantitative estimate of drug-likeness (QED) is 0.622. The zero-order valence-corrected chi connectivity index (χ0v) is 12.6. The number of hydrogen-bond donors (Lipinski definition) is 2. The van der Waals surface area contributed by atoms with Gasteiger partial charge in [0, 0.05) is 9.35 Å². The molecule has 19 heavy (non-hydrogen) atoms. The second-order valence-corrected chi connectivity index (χ2v) is 6.73. The van der Waals surface area contributed by atoms with Crippen molar-refractivity contribution in [3.05, 3.63) is 20.8 Å². The van der Waals surface area contributed by atoms with E-state index in [4.69, 9.17) is 5.84 Å². The van der Waals surface area contributed by atoms with Crippen LogP contribution in [-0.2, 0) is 0 Å². The Labute approximate surface area is 122 Å². The summed E-state index contributed by atoms with van der Waals surface area (Å²) in [5, 5.41) is 1.95. The summed E-state index contributed by atoms with van der Waals surface area (Å²) in [5.74, 6) is 4.62. The molecule has 0 amide bonds. The van der Waals surface area contributed by atoms with Crippen molar-refractivity contribution >= 4 is 27.3 Å². The Morgan fingerprint density at radius 2 is 1.95 bits per heavy atom. The van der Waals surface area contributed by atoms with Gasteiger partial charge in [-0.2, -0.15) is 13.2 Å². The molecule has 0 radical (unpaired) electrons. The van der Waals surface area contributed by atoms with Gasteiger partial charge < -0.3 is 0 Å². The third-order valence-electron chi connectivity index (χ3n) is 3.81. The molecule has 2 nitrogen and oxygen atoms in total. The lowest BCUT2D eigenvalue weighted by atomic mass is 9.78. The maximum absolute atomic E-state index is 12.6. The van der Waals surface area contributed by atoms with E-state index >= 15 is 0 Å². The van der Waals surface area contributed by atoms with E-state index in [1.807, 2.05) is 11.4 Å². The highest BCUT2D eigenvalue weighted by molar-refractivity contribution is 9.10. The topological polar surface area (TPSA) is 38.0 Å². The van der Waals surface area contributed by atoms with Gasteiger partial charge in [0.15, 0.2) is 0 Å². The summed E-state index contributed by atoms with van der Waals surface area (Å²) < 4.78 is 38.9. The van der Waals surface area contributed by atoms with E-state index < -0.39 is 12.1 Å². The average molecular weight is 357 g/mol. The van der Waals surface area contributed by atoms with Crippen molar-refractivity contribution in [3.8, 4) is 0 Å². The van der Waals surface area contributed by atoms with Gasteiger partial charge in [-0.3, -0.25) is 11.3 Å². The van der Waals surface area contributed by atoms with Crippen LogP contribution in [-0.4, -0.2) is 6.18 Å². The van der Waals surface area contributed by atoms with Crippen LogP contribution >= 0.6 is 27.3 Å². The second-order valence-electron chi connectivity index (χ2n) is 4.93. The van der Waals surface area contributed by atoms with Crippen LogP contribution in [0.3, 0.4) is 0 Å². The Bertz CT molecular complexity index is 413. The molecular formula is C12H16BrF3N2S. The molecule has 1 saturated carbocycles. The number of hydrazine groups is 1. The number of nitrogens with two attached hydrogens (primary N) is 1. The van der Waals surface area contributed by atoms with Crippen LogP contribution in [0, 0.1) is 11.8 Å². The minimum atomic E-state index is -4.06. The molecule has 2 rings (SSSR count). The first-order valence-electron chi connectivity index (χ1n) is 6.19. The average Bonchev–Trinajstić information content (AvgIpc) is 2.76. The first-order valence-corrected chi connectivity index (χ1v) is 7.86. The van der Waals surface area contributed by atoms with Gasteiger partial charge in [0.2, 0.25) is 0 Å². The molecule has 1 heterocycles. The van der Waals surface area contributed by atoms with E-state index in [-0.39, 0.29) is 24.8 Å². The molecular weight excluding hydrogens is 341 g/mol. The van der Waals surface area contributed by atoms with Crippen LogP contribution in [0.5, 0.6) is 0 Å². The zero-order chi connectivity index (χ0) is 14.0. The molecule has 0 saturated heterocycles. The molecule has 1 aliphatic rings. The molecule has 108 valence electrons. The molecule has 1 aromatic heterocycles. The summed E-state index contributed by atoms with van der Waals surface area (Å²) in [6.07, 6.45) is -2.53. The molecule has 0 bridgehead atoms. The van der Waals surface area contributed by atoms with Gasteiger partial charge in [-0.15, -0.1) is 11.3 Å². The Kier molecular flexibility index (Phi) is 4.92. The van der Waals surface area contributed by atoms with Gasteiger partial charge >= 0.3 is 6.18 Å². The molecule has 3 N–H and O–H groups in total. The highest BCUT2D eigenvalue weighted by Crippen LogP contribution is 2.44. The maximum atomic E-state index is 12.6. The molecule has 1 aromatic rings. The smallest absolute Gasteiger partial charge is 0.271 e. The molecule has 0 spiro atoms. The van der Waals surface area contributed by atoms with E-state index in [1.54, 1.807) is 11.3 Å². The zero-order valence-electron chi connectivity index (χ0n) is 10.2. The Hall–Kier alpha value is -0.110. The third-order valence-corrected chi connectivity index (χ3v) is 5.77. The maximum Gasteiger partial charge on any atom is 0.391 e. The molecule has 1 aliphatic carbocycles. The minimum absolute atomic E-state index is 0.0661. The van der Waals surface area contributed by atoms with E-state index in [0.717, 1.165) is 9.35 Å². The molecule has 0 aromatic carbocycles. The predicted molar refractivity (Wildman–Crippen MR) is 73.6 cm³/mol. The second kappa shape index (κ2) is 6.11. The Morgan fingerprint density at radius 3 is 2.37 bits per heavy atom. The fourth-order valence-corrected chi connectivity index (χ4v) is 4.51. The Morgan fingerprint density at radius 1 is 1.32 bits per heavy atom. The van der Waals surface area contributed by atoms with Gasteiger partial charge in [0.05, 0.1) is 12.0 Å². The van der Waals surface area contributed by atoms with Gasteiger partial charge in [-0.1, -0.05) is 0 Å². The van der Waals surface area contributed by atoms with E-state index in [9.17, 15) is 13.2 Å². The fraction of sp³-hybridized carbons (Fsp3) is 0.667. The van der Waals surface area contributed by atoms with Crippen molar-refractivity contribution in [2.45, 2.75) is 37.9 Å². The summed E-state index contributed by atoms with van der Waals surface area (Å²) in [4.78, 5) is 1.07. The van der Waals surface area contributed by atoms with Gasteiger partial charge in [0.25, 0.3) is 0 Å². The molecule has 0 aliphatic heterocycles. The Balaban J connectivity index is 2.02. The lowest BCUT2D eigenvalue weighted by Gasteiger charge is -2.34. The summed E-state index contributed by atoms with van der Waals surface area (Å²) in [6.45, 7) is 0. The van der Waals surface area contributed by atoms with Crippen molar-refractivity contribution < 1.29 is 13.2 Å². The SMILES string of the molecule is NNC(c1sccc1Br)C1CCC(C(F)(F)F)CC1. The number of hydrogen-bond acceptors (Lipinski definition) is 3. The number of rotatable bonds is 3. The summed E-state index contributed by atoms with van der Waals surface area (Å²) >= 11 is 5.02.